The van der Waals surface area contributed by atoms with Gasteiger partial charge in [-0.05, 0) is 74.1 Å². The van der Waals surface area contributed by atoms with Crippen LogP contribution < -0.4 is 16.0 Å². The summed E-state index contributed by atoms with van der Waals surface area (Å²) in [6.45, 7) is 16.6. The minimum atomic E-state index is -0.749. The first-order chi connectivity index (χ1) is 27.0. The fourth-order valence-electron chi connectivity index (χ4n) is 9.58. The Morgan fingerprint density at radius 2 is 1.70 bits per heavy atom. The molecule has 0 aliphatic carbocycles. The van der Waals surface area contributed by atoms with Crippen molar-refractivity contribution in [3.8, 4) is 0 Å². The zero-order valence-corrected chi connectivity index (χ0v) is 37.2. The first-order valence-electron chi connectivity index (χ1n) is 21.3. The molecule has 324 valence electrons. The van der Waals surface area contributed by atoms with E-state index in [1.54, 1.807) is 33.1 Å². The van der Waals surface area contributed by atoms with E-state index in [0.717, 1.165) is 30.5 Å². The van der Waals surface area contributed by atoms with Crippen molar-refractivity contribution in [2.45, 2.75) is 142 Å². The normalized spacial score (nSPS) is 25.0. The lowest BCUT2D eigenvalue weighted by atomic mass is 9.88. The zero-order chi connectivity index (χ0) is 42.7. The van der Waals surface area contributed by atoms with Gasteiger partial charge in [-0.3, -0.25) is 24.1 Å². The minimum Gasteiger partial charge on any atom is -0.394 e. The van der Waals surface area contributed by atoms with Gasteiger partial charge in [-0.1, -0.05) is 73.9 Å². The van der Waals surface area contributed by atoms with Gasteiger partial charge in [-0.2, -0.15) is 0 Å². The maximum atomic E-state index is 14.4. The van der Waals surface area contributed by atoms with Crippen LogP contribution in [0.4, 0.5) is 5.69 Å². The molecule has 0 bridgehead atoms. The van der Waals surface area contributed by atoms with E-state index >= 15 is 0 Å². The number of benzene rings is 1. The minimum absolute atomic E-state index is 0.0163. The van der Waals surface area contributed by atoms with E-state index in [2.05, 4.69) is 55.5 Å². The van der Waals surface area contributed by atoms with E-state index in [4.69, 9.17) is 9.47 Å². The highest BCUT2D eigenvalue weighted by atomic mass is 16.5. The Labute approximate surface area is 343 Å². The molecule has 0 aromatic heterocycles. The molecule has 2 saturated heterocycles. The summed E-state index contributed by atoms with van der Waals surface area (Å²) in [6, 6.07) is 5.79. The van der Waals surface area contributed by atoms with Gasteiger partial charge in [-0.25, -0.2) is 0 Å². The quantitative estimate of drug-likeness (QED) is 0.144. The highest BCUT2D eigenvalue weighted by Gasteiger charge is 2.47. The topological polar surface area (TPSA) is 153 Å². The number of hydrogen-bond donors (Lipinski definition) is 4. The smallest absolute Gasteiger partial charge is 0.245 e. The second kappa shape index (κ2) is 22.2. The zero-order valence-electron chi connectivity index (χ0n) is 37.2. The predicted molar refractivity (Wildman–Crippen MR) is 226 cm³/mol. The predicted octanol–water partition coefficient (Wildman–Crippen LogP) is 4.17. The van der Waals surface area contributed by atoms with Crippen molar-refractivity contribution < 1.29 is 33.8 Å². The van der Waals surface area contributed by atoms with E-state index in [9.17, 15) is 24.3 Å². The fourth-order valence-corrected chi connectivity index (χ4v) is 9.58. The summed E-state index contributed by atoms with van der Waals surface area (Å²) in [7, 11) is 8.75. The van der Waals surface area contributed by atoms with Crippen LogP contribution in [0.5, 0.6) is 0 Å². The van der Waals surface area contributed by atoms with Crippen molar-refractivity contribution in [1.29, 1.82) is 0 Å². The first-order valence-corrected chi connectivity index (χ1v) is 21.3. The number of rotatable bonds is 21. The molecule has 4 N–H and O–H groups in total. The number of nitrogens with one attached hydrogen (secondary N) is 3. The number of methoxy groups -OCH3 is 2. The average Bonchev–Trinajstić information content (AvgIpc) is 3.76. The summed E-state index contributed by atoms with van der Waals surface area (Å²) in [5, 5.41) is 19.4. The lowest BCUT2D eigenvalue weighted by Gasteiger charge is -2.41. The number of likely N-dealkylation sites (N-methyl/N-ethyl adjacent to an activating group) is 2. The Hall–Kier alpha value is -3.26. The number of amides is 4. The second-order valence-electron chi connectivity index (χ2n) is 17.2. The summed E-state index contributed by atoms with van der Waals surface area (Å²) in [4.78, 5) is 61.9. The molecule has 13 heteroatoms. The molecule has 2 aliphatic rings. The van der Waals surface area contributed by atoms with Crippen LogP contribution in [0, 0.1) is 29.6 Å². The summed E-state index contributed by atoms with van der Waals surface area (Å²) in [5.74, 6) is -1.01. The van der Waals surface area contributed by atoms with Gasteiger partial charge in [0.15, 0.2) is 0 Å². The van der Waals surface area contributed by atoms with E-state index in [1.165, 1.54) is 0 Å². The standard InChI is InChI=1S/C44H76N6O7/c1-14-27(5)39(49(11)44(55)38(26(3)4)47-43(54)40-29(7)28(6)34(15-2)48(40)10)36(56-12)24-37(52)50-21-17-20-35(50)41(57-13)30(8)42(53)46-33(25-51)23-31-18-16-19-32(22-31)45-9/h16,18-19,22,26-30,33-36,38-41,45,51H,14-15,17,20-21,23-25H2,1-13H3,(H,46,53)(H,47,54)/t27-,28-,29?,30+,33-,34?,35-,36+,38-,39?,40-,41+/m0/s1. The van der Waals surface area contributed by atoms with E-state index in [-0.39, 0.29) is 66.5 Å². The van der Waals surface area contributed by atoms with Crippen molar-refractivity contribution in [3.63, 3.8) is 0 Å². The SMILES string of the molecule is CCC1[C@@H](C)C(C)[C@@H](C(=O)N[C@H](C(=O)N(C)C([C@@H](C)CC)[C@@H](CC(=O)N2CCC[C@H]2[C@H](OC)[C@@H](C)C(=O)N[C@H](CO)Cc2cccc(NC)c2)OC)C(C)C)N1C. The van der Waals surface area contributed by atoms with Crippen molar-refractivity contribution in [2.75, 3.05) is 53.8 Å². The Morgan fingerprint density at radius 1 is 1.02 bits per heavy atom. The summed E-state index contributed by atoms with van der Waals surface area (Å²) in [5.41, 5.74) is 1.93. The monoisotopic (exact) mass is 801 g/mol. The highest BCUT2D eigenvalue weighted by molar-refractivity contribution is 5.90. The molecular weight excluding hydrogens is 725 g/mol. The molecule has 0 radical (unpaired) electrons. The number of anilines is 1. The third-order valence-electron chi connectivity index (χ3n) is 13.3. The molecule has 1 aromatic carbocycles. The number of aliphatic hydroxyl groups is 1. The van der Waals surface area contributed by atoms with Crippen LogP contribution in [0.2, 0.25) is 0 Å². The number of likely N-dealkylation sites (tertiary alicyclic amines) is 2. The Kier molecular flexibility index (Phi) is 18.7. The molecule has 3 rings (SSSR count). The Balaban J connectivity index is 1.76. The van der Waals surface area contributed by atoms with Gasteiger partial charge >= 0.3 is 0 Å². The number of carbonyl (C=O) groups excluding carboxylic acids is 4. The second-order valence-corrected chi connectivity index (χ2v) is 17.2. The molecule has 3 unspecified atom stereocenters. The van der Waals surface area contributed by atoms with Gasteiger partial charge in [-0.15, -0.1) is 0 Å². The molecular formula is C44H76N6O7. The number of aliphatic hydroxyl groups excluding tert-OH is 1. The van der Waals surface area contributed by atoms with Crippen LogP contribution in [0.1, 0.15) is 93.1 Å². The van der Waals surface area contributed by atoms with Gasteiger partial charge in [0, 0.05) is 46.6 Å². The molecule has 12 atom stereocenters. The molecule has 2 aliphatic heterocycles. The fraction of sp³-hybridized carbons (Fsp3) is 0.773. The van der Waals surface area contributed by atoms with Crippen molar-refractivity contribution in [1.82, 2.24) is 25.3 Å². The Bertz CT molecular complexity index is 1460. The number of nitrogens with zero attached hydrogens (tertiary/aromatic N) is 3. The molecule has 0 saturated carbocycles. The maximum Gasteiger partial charge on any atom is 0.245 e. The van der Waals surface area contributed by atoms with Gasteiger partial charge in [0.1, 0.15) is 6.04 Å². The third-order valence-corrected chi connectivity index (χ3v) is 13.3. The average molecular weight is 801 g/mol. The first kappa shape index (κ1) is 48.1. The van der Waals surface area contributed by atoms with Crippen LogP contribution in [0.3, 0.4) is 0 Å². The van der Waals surface area contributed by atoms with Gasteiger partial charge < -0.3 is 40.3 Å². The molecule has 13 nitrogen and oxygen atoms in total. The molecule has 1 aromatic rings. The van der Waals surface area contributed by atoms with Crippen LogP contribution in [0.15, 0.2) is 24.3 Å². The van der Waals surface area contributed by atoms with Crippen molar-refractivity contribution in [3.05, 3.63) is 29.8 Å². The van der Waals surface area contributed by atoms with E-state index in [1.807, 2.05) is 57.1 Å². The van der Waals surface area contributed by atoms with E-state index in [0.29, 0.717) is 31.3 Å². The molecule has 57 heavy (non-hydrogen) atoms. The summed E-state index contributed by atoms with van der Waals surface area (Å²) >= 11 is 0. The largest absolute Gasteiger partial charge is 0.394 e. The number of carbonyl (C=O) groups is 4. The Morgan fingerprint density at radius 3 is 2.25 bits per heavy atom. The molecule has 2 heterocycles. The van der Waals surface area contributed by atoms with Crippen LogP contribution in [-0.4, -0.2) is 140 Å². The van der Waals surface area contributed by atoms with Gasteiger partial charge in [0.2, 0.25) is 23.6 Å². The van der Waals surface area contributed by atoms with Crippen molar-refractivity contribution >= 4 is 29.3 Å². The van der Waals surface area contributed by atoms with Crippen molar-refractivity contribution in [2.24, 2.45) is 29.6 Å². The maximum absolute atomic E-state index is 14.4. The molecule has 4 amide bonds. The number of hydrogen-bond acceptors (Lipinski definition) is 9. The van der Waals surface area contributed by atoms with Crippen LogP contribution >= 0.6 is 0 Å². The van der Waals surface area contributed by atoms with Crippen LogP contribution in [-0.2, 0) is 35.1 Å². The van der Waals surface area contributed by atoms with Gasteiger partial charge in [0.25, 0.3) is 0 Å². The highest BCUT2D eigenvalue weighted by Crippen LogP contribution is 2.36. The third kappa shape index (κ3) is 11.5. The lowest BCUT2D eigenvalue weighted by Crippen LogP contribution is -2.59. The molecule has 2 fully saturated rings. The number of ether oxygens (including phenoxy) is 2. The van der Waals surface area contributed by atoms with E-state index < -0.39 is 36.3 Å². The summed E-state index contributed by atoms with van der Waals surface area (Å²) < 4.78 is 12.0. The van der Waals surface area contributed by atoms with Crippen LogP contribution in [0.25, 0.3) is 0 Å². The molecule has 0 spiro atoms. The lowest BCUT2D eigenvalue weighted by molar-refractivity contribution is -0.148. The van der Waals surface area contributed by atoms with Gasteiger partial charge in [0.05, 0.1) is 55.3 Å². The summed E-state index contributed by atoms with van der Waals surface area (Å²) in [6.07, 6.45) is 2.44.